The summed E-state index contributed by atoms with van der Waals surface area (Å²) in [5.74, 6) is 1.96. The fraction of sp³-hybridized carbons (Fsp3) is 0.250. The number of para-hydroxylation sites is 2. The predicted molar refractivity (Wildman–Crippen MR) is 130 cm³/mol. The zero-order chi connectivity index (χ0) is 20.9. The quantitative estimate of drug-likeness (QED) is 0.330. The van der Waals surface area contributed by atoms with Gasteiger partial charge in [-0.25, -0.2) is 4.98 Å². The Kier molecular flexibility index (Phi) is 6.77. The molecule has 6 heteroatoms. The second-order valence-electron chi connectivity index (χ2n) is 7.26. The van der Waals surface area contributed by atoms with Crippen molar-refractivity contribution in [3.63, 3.8) is 0 Å². The van der Waals surface area contributed by atoms with Crippen LogP contribution in [0.3, 0.4) is 0 Å². The summed E-state index contributed by atoms with van der Waals surface area (Å²) in [7, 11) is 2.18. The minimum Gasteiger partial charge on any atom is -0.301 e. The van der Waals surface area contributed by atoms with Crippen LogP contribution in [0.15, 0.2) is 71.8 Å². The number of hydrogen-bond acceptors (Lipinski definition) is 5. The Morgan fingerprint density at radius 3 is 2.57 bits per heavy atom. The van der Waals surface area contributed by atoms with E-state index in [1.165, 1.54) is 16.0 Å². The Morgan fingerprint density at radius 1 is 1.00 bits per heavy atom. The lowest BCUT2D eigenvalue weighted by atomic mass is 10.2. The highest BCUT2D eigenvalue weighted by molar-refractivity contribution is 7.99. The molecule has 2 aromatic carbocycles. The van der Waals surface area contributed by atoms with E-state index < -0.39 is 0 Å². The van der Waals surface area contributed by atoms with Crippen molar-refractivity contribution in [3.05, 3.63) is 78.0 Å². The molecule has 4 rings (SSSR count). The minimum atomic E-state index is 0.921. The van der Waals surface area contributed by atoms with Gasteiger partial charge < -0.3 is 4.90 Å². The second-order valence-corrected chi connectivity index (χ2v) is 9.12. The first kappa shape index (κ1) is 21.0. The molecule has 0 fully saturated rings. The van der Waals surface area contributed by atoms with Gasteiger partial charge in [-0.2, -0.15) is 0 Å². The van der Waals surface area contributed by atoms with Gasteiger partial charge in [-0.3, -0.25) is 8.96 Å². The van der Waals surface area contributed by atoms with Crippen molar-refractivity contribution < 1.29 is 0 Å². The molecule has 4 aromatic rings. The first-order chi connectivity index (χ1) is 14.7. The lowest BCUT2D eigenvalue weighted by Crippen LogP contribution is -2.20. The molecule has 2 aromatic heterocycles. The maximum atomic E-state index is 4.87. The third-order valence-electron chi connectivity index (χ3n) is 5.09. The molecule has 0 spiro atoms. The lowest BCUT2D eigenvalue weighted by molar-refractivity contribution is 0.348. The van der Waals surface area contributed by atoms with Gasteiger partial charge in [-0.05, 0) is 55.2 Å². The Morgan fingerprint density at radius 2 is 1.77 bits per heavy atom. The molecule has 4 nitrogen and oxygen atoms in total. The molecule has 0 aliphatic rings. The van der Waals surface area contributed by atoms with Crippen LogP contribution in [0.1, 0.15) is 11.1 Å². The van der Waals surface area contributed by atoms with Crippen LogP contribution in [-0.2, 0) is 6.54 Å². The van der Waals surface area contributed by atoms with Crippen LogP contribution in [0, 0.1) is 6.92 Å². The SMILES string of the molecule is CSn1c(-c2nccc(SCCN(C)Cc3ccccc3)c2C)nc2ccccc21. The van der Waals surface area contributed by atoms with Crippen molar-refractivity contribution in [1.29, 1.82) is 0 Å². The van der Waals surface area contributed by atoms with Crippen LogP contribution in [-0.4, -0.2) is 44.4 Å². The zero-order valence-corrected chi connectivity index (χ0v) is 19.2. The summed E-state index contributed by atoms with van der Waals surface area (Å²) in [6.45, 7) is 4.15. The summed E-state index contributed by atoms with van der Waals surface area (Å²) in [6.07, 6.45) is 3.98. The molecule has 0 saturated heterocycles. The molecule has 0 aliphatic heterocycles. The molecule has 0 bridgehead atoms. The fourth-order valence-electron chi connectivity index (χ4n) is 3.52. The van der Waals surface area contributed by atoms with E-state index in [4.69, 9.17) is 9.97 Å². The van der Waals surface area contributed by atoms with Gasteiger partial charge in [0.1, 0.15) is 5.69 Å². The molecule has 0 unspecified atom stereocenters. The molecule has 0 radical (unpaired) electrons. The monoisotopic (exact) mass is 434 g/mol. The van der Waals surface area contributed by atoms with Crippen LogP contribution < -0.4 is 0 Å². The van der Waals surface area contributed by atoms with E-state index >= 15 is 0 Å². The molecule has 0 saturated carbocycles. The third-order valence-corrected chi connectivity index (χ3v) is 6.97. The third kappa shape index (κ3) is 4.56. The number of imidazole rings is 1. The van der Waals surface area contributed by atoms with Gasteiger partial charge >= 0.3 is 0 Å². The molecule has 154 valence electrons. The van der Waals surface area contributed by atoms with Crippen LogP contribution in [0.5, 0.6) is 0 Å². The molecule has 2 heterocycles. The van der Waals surface area contributed by atoms with E-state index in [1.54, 1.807) is 11.9 Å². The van der Waals surface area contributed by atoms with Crippen molar-refractivity contribution in [1.82, 2.24) is 18.8 Å². The van der Waals surface area contributed by atoms with E-state index in [0.717, 1.165) is 41.4 Å². The summed E-state index contributed by atoms with van der Waals surface area (Å²) in [5.41, 5.74) is 5.63. The lowest BCUT2D eigenvalue weighted by Gasteiger charge is -2.17. The molecular weight excluding hydrogens is 408 g/mol. The zero-order valence-electron chi connectivity index (χ0n) is 17.6. The smallest absolute Gasteiger partial charge is 0.170 e. The number of nitrogens with zero attached hydrogens (tertiary/aromatic N) is 4. The average molecular weight is 435 g/mol. The van der Waals surface area contributed by atoms with Crippen molar-refractivity contribution >= 4 is 34.7 Å². The van der Waals surface area contributed by atoms with Crippen molar-refractivity contribution in [2.24, 2.45) is 0 Å². The first-order valence-electron chi connectivity index (χ1n) is 10.0. The first-order valence-corrected chi connectivity index (χ1v) is 12.2. The highest BCUT2D eigenvalue weighted by atomic mass is 32.2. The second kappa shape index (κ2) is 9.69. The predicted octanol–water partition coefficient (Wildman–Crippen LogP) is 5.76. The van der Waals surface area contributed by atoms with Gasteiger partial charge in [0, 0.05) is 36.2 Å². The highest BCUT2D eigenvalue weighted by Crippen LogP contribution is 2.32. The van der Waals surface area contributed by atoms with Crippen molar-refractivity contribution in [3.8, 4) is 11.5 Å². The summed E-state index contributed by atoms with van der Waals surface area (Å²) < 4.78 is 2.17. The normalized spacial score (nSPS) is 11.5. The van der Waals surface area contributed by atoms with Gasteiger partial charge in [-0.15, -0.1) is 11.8 Å². The number of pyridine rings is 1. The molecule has 0 amide bonds. The molecule has 0 aliphatic carbocycles. The molecule has 30 heavy (non-hydrogen) atoms. The summed E-state index contributed by atoms with van der Waals surface area (Å²) in [4.78, 5) is 13.2. The van der Waals surface area contributed by atoms with Crippen molar-refractivity contribution in [2.45, 2.75) is 18.4 Å². The fourth-order valence-corrected chi connectivity index (χ4v) is 5.27. The number of thioether (sulfide) groups is 1. The highest BCUT2D eigenvalue weighted by Gasteiger charge is 2.17. The Balaban J connectivity index is 1.49. The van der Waals surface area contributed by atoms with E-state index in [-0.39, 0.29) is 0 Å². The van der Waals surface area contributed by atoms with Crippen LogP contribution in [0.4, 0.5) is 0 Å². The number of fused-ring (bicyclic) bond motifs is 1. The van der Waals surface area contributed by atoms with Gasteiger partial charge in [0.15, 0.2) is 5.82 Å². The average Bonchev–Trinajstić information content (AvgIpc) is 3.14. The summed E-state index contributed by atoms with van der Waals surface area (Å²) in [5, 5.41) is 0. The minimum absolute atomic E-state index is 0.921. The molecular formula is C24H26N4S2. The van der Waals surface area contributed by atoms with E-state index in [1.807, 2.05) is 24.0 Å². The van der Waals surface area contributed by atoms with Gasteiger partial charge in [0.25, 0.3) is 0 Å². The summed E-state index contributed by atoms with van der Waals surface area (Å²) >= 11 is 3.55. The topological polar surface area (TPSA) is 34.0 Å². The van der Waals surface area contributed by atoms with E-state index in [2.05, 4.69) is 83.7 Å². The number of benzene rings is 2. The van der Waals surface area contributed by atoms with Gasteiger partial charge in [0.05, 0.1) is 11.0 Å². The number of aromatic nitrogens is 3. The van der Waals surface area contributed by atoms with Crippen LogP contribution in [0.2, 0.25) is 0 Å². The largest absolute Gasteiger partial charge is 0.301 e. The molecule has 0 atom stereocenters. The standard InChI is InChI=1S/C24H26N4S2/c1-18-22(30-16-15-27(2)17-19-9-5-4-6-10-19)13-14-25-23(18)24-26-20-11-7-8-12-21(20)28(24)29-3/h4-14H,15-17H2,1-3H3. The van der Waals surface area contributed by atoms with Gasteiger partial charge in [-0.1, -0.05) is 42.5 Å². The maximum Gasteiger partial charge on any atom is 0.170 e. The van der Waals surface area contributed by atoms with Crippen molar-refractivity contribution in [2.75, 3.05) is 25.6 Å². The van der Waals surface area contributed by atoms with Crippen LogP contribution >= 0.6 is 23.7 Å². The maximum absolute atomic E-state index is 4.87. The Hall–Kier alpha value is -2.28. The summed E-state index contributed by atoms with van der Waals surface area (Å²) in [6, 6.07) is 21.0. The number of hydrogen-bond donors (Lipinski definition) is 0. The Labute approximate surface area is 186 Å². The van der Waals surface area contributed by atoms with Crippen LogP contribution in [0.25, 0.3) is 22.6 Å². The number of rotatable bonds is 8. The Bertz CT molecular complexity index is 1120. The van der Waals surface area contributed by atoms with E-state index in [9.17, 15) is 0 Å². The molecule has 0 N–H and O–H groups in total. The van der Waals surface area contributed by atoms with Gasteiger partial charge in [0.2, 0.25) is 0 Å². The van der Waals surface area contributed by atoms with E-state index in [0.29, 0.717) is 0 Å².